The second-order valence-electron chi connectivity index (χ2n) is 7.81. The maximum atomic E-state index is 6.35. The van der Waals surface area contributed by atoms with Crippen LogP contribution in [0.3, 0.4) is 0 Å². The van der Waals surface area contributed by atoms with Gasteiger partial charge in [0.2, 0.25) is 5.88 Å². The minimum absolute atomic E-state index is 0.0515. The predicted octanol–water partition coefficient (Wildman–Crippen LogP) is 3.58. The molecule has 1 aliphatic rings. The van der Waals surface area contributed by atoms with E-state index in [2.05, 4.69) is 62.9 Å². The quantitative estimate of drug-likeness (QED) is 0.493. The van der Waals surface area contributed by atoms with Gasteiger partial charge >= 0.3 is 0 Å². The minimum Gasteiger partial charge on any atom is -0.471 e. The Balaban J connectivity index is 1.44. The molecule has 1 fully saturated rings. The summed E-state index contributed by atoms with van der Waals surface area (Å²) < 4.78 is 8.40. The molecule has 0 spiro atoms. The van der Waals surface area contributed by atoms with Crippen molar-refractivity contribution in [1.82, 2.24) is 29.5 Å². The van der Waals surface area contributed by atoms with Gasteiger partial charge in [-0.05, 0) is 32.4 Å². The van der Waals surface area contributed by atoms with Crippen LogP contribution < -0.4 is 9.64 Å². The predicted molar refractivity (Wildman–Crippen MR) is 119 cm³/mol. The van der Waals surface area contributed by atoms with Crippen LogP contribution in [0.2, 0.25) is 0 Å². The van der Waals surface area contributed by atoms with Gasteiger partial charge in [0.05, 0.1) is 12.1 Å². The molecule has 0 aliphatic carbocycles. The summed E-state index contributed by atoms with van der Waals surface area (Å²) in [6.07, 6.45) is 6.12. The molecule has 8 nitrogen and oxygen atoms in total. The monoisotopic (exact) mass is 415 g/mol. The van der Waals surface area contributed by atoms with E-state index in [1.165, 1.54) is 11.3 Å². The molecule has 4 heterocycles. The van der Waals surface area contributed by atoms with Crippen molar-refractivity contribution in [3.8, 4) is 17.3 Å². The Morgan fingerprint density at radius 3 is 2.65 bits per heavy atom. The summed E-state index contributed by atoms with van der Waals surface area (Å²) in [6.45, 7) is 8.58. The van der Waals surface area contributed by atoms with E-state index >= 15 is 0 Å². The van der Waals surface area contributed by atoms with Crippen molar-refractivity contribution in [2.45, 2.75) is 39.8 Å². The van der Waals surface area contributed by atoms with Crippen LogP contribution in [0.5, 0.6) is 5.88 Å². The van der Waals surface area contributed by atoms with Gasteiger partial charge in [0, 0.05) is 37.6 Å². The molecule has 1 atom stereocenters. The Morgan fingerprint density at radius 1 is 1.06 bits per heavy atom. The summed E-state index contributed by atoms with van der Waals surface area (Å²) >= 11 is 0. The van der Waals surface area contributed by atoms with E-state index in [-0.39, 0.29) is 6.10 Å². The fourth-order valence-corrected chi connectivity index (χ4v) is 4.15. The number of nitrogens with zero attached hydrogens (tertiary/aromatic N) is 7. The summed E-state index contributed by atoms with van der Waals surface area (Å²) in [7, 11) is 0. The summed E-state index contributed by atoms with van der Waals surface area (Å²) in [6, 6.07) is 8.46. The van der Waals surface area contributed by atoms with Crippen molar-refractivity contribution in [2.24, 2.45) is 0 Å². The van der Waals surface area contributed by atoms with E-state index in [0.717, 1.165) is 48.9 Å². The molecule has 158 valence electrons. The topological polar surface area (TPSA) is 81.9 Å². The third kappa shape index (κ3) is 3.58. The highest BCUT2D eigenvalue weighted by Gasteiger charge is 2.27. The Kier molecular flexibility index (Phi) is 4.97. The summed E-state index contributed by atoms with van der Waals surface area (Å²) in [5.74, 6) is 2.03. The lowest BCUT2D eigenvalue weighted by Gasteiger charge is -2.20. The number of anilines is 1. The fourth-order valence-electron chi connectivity index (χ4n) is 4.15. The molecule has 0 saturated carbocycles. The van der Waals surface area contributed by atoms with E-state index < -0.39 is 0 Å². The van der Waals surface area contributed by atoms with Crippen LogP contribution in [0.4, 0.5) is 5.69 Å². The Hall–Kier alpha value is -3.55. The molecule has 1 aromatic carbocycles. The van der Waals surface area contributed by atoms with Gasteiger partial charge in [-0.3, -0.25) is 0 Å². The highest BCUT2D eigenvalue weighted by atomic mass is 16.5. The van der Waals surface area contributed by atoms with E-state index in [0.29, 0.717) is 11.4 Å². The molecule has 3 aromatic heterocycles. The average molecular weight is 416 g/mol. The van der Waals surface area contributed by atoms with Gasteiger partial charge in [-0.15, -0.1) is 0 Å². The van der Waals surface area contributed by atoms with E-state index in [1.54, 1.807) is 18.7 Å². The van der Waals surface area contributed by atoms with E-state index in [4.69, 9.17) is 9.72 Å². The Bertz CT molecular complexity index is 1220. The van der Waals surface area contributed by atoms with Crippen molar-refractivity contribution < 1.29 is 4.74 Å². The smallest absolute Gasteiger partial charge is 0.245 e. The number of aromatic nitrogens is 6. The molecule has 31 heavy (non-hydrogen) atoms. The third-order valence-corrected chi connectivity index (χ3v) is 5.73. The van der Waals surface area contributed by atoms with Crippen molar-refractivity contribution in [3.05, 3.63) is 54.4 Å². The van der Waals surface area contributed by atoms with Gasteiger partial charge in [0.15, 0.2) is 11.2 Å². The average Bonchev–Trinajstić information content (AvgIpc) is 3.39. The highest BCUT2D eigenvalue weighted by molar-refractivity contribution is 5.81. The first-order chi connectivity index (χ1) is 15.1. The molecule has 4 aromatic rings. The van der Waals surface area contributed by atoms with Gasteiger partial charge in [-0.1, -0.05) is 18.2 Å². The van der Waals surface area contributed by atoms with Crippen LogP contribution in [0.15, 0.2) is 43.0 Å². The molecular formula is C23H25N7O. The van der Waals surface area contributed by atoms with Gasteiger partial charge in [0.1, 0.15) is 24.1 Å². The molecule has 8 heteroatoms. The molecular weight excluding hydrogens is 390 g/mol. The van der Waals surface area contributed by atoms with Gasteiger partial charge < -0.3 is 14.2 Å². The molecule has 5 rings (SSSR count). The number of fused-ring (bicyclic) bond motifs is 1. The van der Waals surface area contributed by atoms with Crippen LogP contribution in [-0.4, -0.2) is 48.7 Å². The van der Waals surface area contributed by atoms with Gasteiger partial charge in [-0.2, -0.15) is 4.98 Å². The second kappa shape index (κ2) is 7.94. The van der Waals surface area contributed by atoms with Crippen LogP contribution in [0.1, 0.15) is 24.7 Å². The zero-order valence-corrected chi connectivity index (χ0v) is 18.0. The number of ether oxygens (including phenoxy) is 1. The summed E-state index contributed by atoms with van der Waals surface area (Å²) in [4.78, 5) is 24.7. The second-order valence-corrected chi connectivity index (χ2v) is 7.81. The first kappa shape index (κ1) is 19.4. The van der Waals surface area contributed by atoms with Crippen molar-refractivity contribution in [2.75, 3.05) is 18.0 Å². The standard InChI is InChI=1S/C23H25N7O/c1-4-30-21(17-11-24-16(3)25-12-17)28-20-22(30)26-14-27-23(20)31-18-9-10-29(13-18)19-8-6-5-7-15(19)2/h5-8,11-12,14,18H,4,9-10,13H2,1-3H3. The normalized spacial score (nSPS) is 16.2. The zero-order chi connectivity index (χ0) is 21.4. The molecule has 0 amide bonds. The molecule has 0 bridgehead atoms. The minimum atomic E-state index is 0.0515. The van der Waals surface area contributed by atoms with Crippen molar-refractivity contribution >= 4 is 16.9 Å². The first-order valence-corrected chi connectivity index (χ1v) is 10.6. The number of para-hydroxylation sites is 1. The van der Waals surface area contributed by atoms with Gasteiger partial charge in [0.25, 0.3) is 0 Å². The summed E-state index contributed by atoms with van der Waals surface area (Å²) in [5, 5.41) is 0. The number of aryl methyl sites for hydroxylation is 3. The Morgan fingerprint density at radius 2 is 1.87 bits per heavy atom. The summed E-state index contributed by atoms with van der Waals surface area (Å²) in [5.41, 5.74) is 4.83. The maximum Gasteiger partial charge on any atom is 0.245 e. The van der Waals surface area contributed by atoms with E-state index in [1.807, 2.05) is 11.5 Å². The molecule has 0 radical (unpaired) electrons. The third-order valence-electron chi connectivity index (χ3n) is 5.73. The number of hydrogen-bond donors (Lipinski definition) is 0. The lowest BCUT2D eigenvalue weighted by atomic mass is 10.2. The van der Waals surface area contributed by atoms with Crippen molar-refractivity contribution in [3.63, 3.8) is 0 Å². The zero-order valence-electron chi connectivity index (χ0n) is 18.0. The van der Waals surface area contributed by atoms with Crippen LogP contribution in [-0.2, 0) is 6.54 Å². The molecule has 1 aliphatic heterocycles. The lowest BCUT2D eigenvalue weighted by molar-refractivity contribution is 0.218. The number of benzene rings is 1. The number of imidazole rings is 1. The van der Waals surface area contributed by atoms with Crippen molar-refractivity contribution in [1.29, 1.82) is 0 Å². The first-order valence-electron chi connectivity index (χ1n) is 10.6. The molecule has 1 unspecified atom stereocenters. The number of hydrogen-bond acceptors (Lipinski definition) is 7. The van der Waals surface area contributed by atoms with E-state index in [9.17, 15) is 0 Å². The maximum absolute atomic E-state index is 6.35. The largest absolute Gasteiger partial charge is 0.471 e. The van der Waals surface area contributed by atoms with Crippen LogP contribution in [0, 0.1) is 13.8 Å². The van der Waals surface area contributed by atoms with Crippen LogP contribution in [0.25, 0.3) is 22.6 Å². The van der Waals surface area contributed by atoms with Gasteiger partial charge in [-0.25, -0.2) is 19.9 Å². The lowest BCUT2D eigenvalue weighted by Crippen LogP contribution is -2.25. The molecule has 0 N–H and O–H groups in total. The molecule has 1 saturated heterocycles. The van der Waals surface area contributed by atoms with Crippen LogP contribution >= 0.6 is 0 Å². The Labute approximate surface area is 181 Å². The fraction of sp³-hybridized carbons (Fsp3) is 0.348. The number of rotatable bonds is 5. The highest BCUT2D eigenvalue weighted by Crippen LogP contribution is 2.30. The SMILES string of the molecule is CCn1c(-c2cnc(C)nc2)nc2c(OC3CCN(c4ccccc4C)C3)ncnc21.